The fourth-order valence-corrected chi connectivity index (χ4v) is 3.40. The first-order valence-electron chi connectivity index (χ1n) is 6.26. The second-order valence-corrected chi connectivity index (χ2v) is 7.14. The first kappa shape index (κ1) is 16.2. The van der Waals surface area contributed by atoms with Crippen LogP contribution in [-0.2, 0) is 16.4 Å². The maximum Gasteiger partial charge on any atom is 0.242 e. The molecule has 1 unspecified atom stereocenters. The number of nitrogens with zero attached hydrogens (tertiary/aromatic N) is 1. The molecule has 0 radical (unpaired) electrons. The van der Waals surface area contributed by atoms with Crippen molar-refractivity contribution in [2.45, 2.75) is 24.3 Å². The second kappa shape index (κ2) is 6.75. The van der Waals surface area contributed by atoms with E-state index in [1.165, 1.54) is 18.3 Å². The van der Waals surface area contributed by atoms with Gasteiger partial charge in [-0.05, 0) is 37.1 Å². The molecule has 0 aliphatic carbocycles. The van der Waals surface area contributed by atoms with E-state index in [4.69, 9.17) is 23.2 Å². The first-order chi connectivity index (χ1) is 9.88. The fraction of sp³-hybridized carbons (Fsp3) is 0.214. The van der Waals surface area contributed by atoms with Crippen molar-refractivity contribution < 1.29 is 8.42 Å². The van der Waals surface area contributed by atoms with Crippen molar-refractivity contribution in [2.75, 3.05) is 0 Å². The summed E-state index contributed by atoms with van der Waals surface area (Å²) in [5, 5.41) is 0.870. The molecule has 0 saturated heterocycles. The van der Waals surface area contributed by atoms with Gasteiger partial charge < -0.3 is 0 Å². The third-order valence-corrected chi connectivity index (χ3v) is 5.02. The summed E-state index contributed by atoms with van der Waals surface area (Å²) in [7, 11) is -3.62. The number of sulfonamides is 1. The summed E-state index contributed by atoms with van der Waals surface area (Å²) in [5.41, 5.74) is 0.892. The predicted molar refractivity (Wildman–Crippen MR) is 84.2 cm³/mol. The molecule has 0 amide bonds. The molecule has 1 aromatic carbocycles. The SMILES string of the molecule is CC(Cc1ccccc1Cl)NS(=O)(=O)c1ccc(Cl)nc1. The number of hydrogen-bond donors (Lipinski definition) is 1. The lowest BCUT2D eigenvalue weighted by atomic mass is 10.1. The molecule has 1 atom stereocenters. The minimum Gasteiger partial charge on any atom is -0.243 e. The summed E-state index contributed by atoms with van der Waals surface area (Å²) in [6.07, 6.45) is 1.73. The highest BCUT2D eigenvalue weighted by Gasteiger charge is 2.18. The van der Waals surface area contributed by atoms with Gasteiger partial charge in [-0.3, -0.25) is 0 Å². The van der Waals surface area contributed by atoms with E-state index < -0.39 is 10.0 Å². The quantitative estimate of drug-likeness (QED) is 0.846. The Hall–Kier alpha value is -1.14. The number of aromatic nitrogens is 1. The van der Waals surface area contributed by atoms with Gasteiger partial charge in [0.05, 0.1) is 0 Å². The molecule has 0 spiro atoms. The van der Waals surface area contributed by atoms with Gasteiger partial charge in [-0.15, -0.1) is 0 Å². The summed E-state index contributed by atoms with van der Waals surface area (Å²) in [4.78, 5) is 3.86. The first-order valence-corrected chi connectivity index (χ1v) is 8.49. The maximum absolute atomic E-state index is 12.2. The molecule has 2 rings (SSSR count). The van der Waals surface area contributed by atoms with Crippen molar-refractivity contribution >= 4 is 33.2 Å². The number of pyridine rings is 1. The second-order valence-electron chi connectivity index (χ2n) is 4.63. The van der Waals surface area contributed by atoms with Crippen LogP contribution in [0.1, 0.15) is 12.5 Å². The van der Waals surface area contributed by atoms with Crippen LogP contribution >= 0.6 is 23.2 Å². The maximum atomic E-state index is 12.2. The van der Waals surface area contributed by atoms with Crippen molar-refractivity contribution in [3.8, 4) is 0 Å². The molecule has 0 aliphatic rings. The third kappa shape index (κ3) is 4.41. The highest BCUT2D eigenvalue weighted by molar-refractivity contribution is 7.89. The number of nitrogens with one attached hydrogen (secondary N) is 1. The van der Waals surface area contributed by atoms with Crippen LogP contribution in [0.2, 0.25) is 10.2 Å². The smallest absolute Gasteiger partial charge is 0.242 e. The van der Waals surface area contributed by atoms with E-state index in [0.29, 0.717) is 11.4 Å². The molecule has 1 N–H and O–H groups in total. The minimum atomic E-state index is -3.62. The van der Waals surface area contributed by atoms with Crippen molar-refractivity contribution in [1.82, 2.24) is 9.71 Å². The molecule has 4 nitrogen and oxygen atoms in total. The normalized spacial score (nSPS) is 13.1. The topological polar surface area (TPSA) is 59.1 Å². The summed E-state index contributed by atoms with van der Waals surface area (Å²) in [5.74, 6) is 0. The average molecular weight is 345 g/mol. The highest BCUT2D eigenvalue weighted by Crippen LogP contribution is 2.17. The van der Waals surface area contributed by atoms with Crippen molar-refractivity contribution in [2.24, 2.45) is 0 Å². The van der Waals surface area contributed by atoms with E-state index in [1.807, 2.05) is 18.2 Å². The molecule has 112 valence electrons. The highest BCUT2D eigenvalue weighted by atomic mass is 35.5. The van der Waals surface area contributed by atoms with E-state index in [2.05, 4.69) is 9.71 Å². The number of rotatable bonds is 5. The Morgan fingerprint density at radius 1 is 1.19 bits per heavy atom. The monoisotopic (exact) mass is 344 g/mol. The molecular formula is C14H14Cl2N2O2S. The van der Waals surface area contributed by atoms with Gasteiger partial charge >= 0.3 is 0 Å². The van der Waals surface area contributed by atoms with Crippen LogP contribution < -0.4 is 4.72 Å². The molecule has 0 bridgehead atoms. The number of hydrogen-bond acceptors (Lipinski definition) is 3. The minimum absolute atomic E-state index is 0.0814. The predicted octanol–water partition coefficient (Wildman–Crippen LogP) is 3.30. The van der Waals surface area contributed by atoms with E-state index >= 15 is 0 Å². The molecule has 0 fully saturated rings. The van der Waals surface area contributed by atoms with Crippen LogP contribution in [0.15, 0.2) is 47.5 Å². The van der Waals surface area contributed by atoms with Gasteiger partial charge in [0.1, 0.15) is 10.0 Å². The number of halogens is 2. The molecule has 7 heteroatoms. The molecule has 21 heavy (non-hydrogen) atoms. The van der Waals surface area contributed by atoms with Gasteiger partial charge in [0.25, 0.3) is 0 Å². The zero-order chi connectivity index (χ0) is 15.5. The summed E-state index contributed by atoms with van der Waals surface area (Å²) >= 11 is 11.7. The summed E-state index contributed by atoms with van der Waals surface area (Å²) in [6, 6.07) is 9.91. The van der Waals surface area contributed by atoms with Crippen LogP contribution in [0.5, 0.6) is 0 Å². The molecule has 1 heterocycles. The van der Waals surface area contributed by atoms with Gasteiger partial charge in [-0.1, -0.05) is 41.4 Å². The Bertz CT molecular complexity index is 718. The van der Waals surface area contributed by atoms with E-state index in [-0.39, 0.29) is 16.1 Å². The Balaban J connectivity index is 2.10. The molecule has 2 aromatic rings. The van der Waals surface area contributed by atoms with Crippen molar-refractivity contribution in [1.29, 1.82) is 0 Å². The van der Waals surface area contributed by atoms with Crippen LogP contribution in [0.25, 0.3) is 0 Å². The van der Waals surface area contributed by atoms with Crippen LogP contribution in [0.4, 0.5) is 0 Å². The Kier molecular flexibility index (Phi) is 5.22. The molecular weight excluding hydrogens is 331 g/mol. The molecule has 0 saturated carbocycles. The summed E-state index contributed by atoms with van der Waals surface area (Å²) < 4.78 is 27.0. The van der Waals surface area contributed by atoms with E-state index in [0.717, 1.165) is 5.56 Å². The van der Waals surface area contributed by atoms with E-state index in [1.54, 1.807) is 13.0 Å². The zero-order valence-electron chi connectivity index (χ0n) is 11.3. The number of benzene rings is 1. The van der Waals surface area contributed by atoms with Crippen molar-refractivity contribution in [3.63, 3.8) is 0 Å². The Morgan fingerprint density at radius 3 is 2.52 bits per heavy atom. The zero-order valence-corrected chi connectivity index (χ0v) is 13.6. The van der Waals surface area contributed by atoms with E-state index in [9.17, 15) is 8.42 Å². The van der Waals surface area contributed by atoms with Crippen LogP contribution in [0, 0.1) is 0 Å². The lowest BCUT2D eigenvalue weighted by Crippen LogP contribution is -2.34. The Labute approximate surface area is 134 Å². The lowest BCUT2D eigenvalue weighted by Gasteiger charge is -2.15. The van der Waals surface area contributed by atoms with Gasteiger partial charge in [-0.25, -0.2) is 18.1 Å². The molecule has 1 aromatic heterocycles. The largest absolute Gasteiger partial charge is 0.243 e. The molecule has 0 aliphatic heterocycles. The van der Waals surface area contributed by atoms with Crippen LogP contribution in [-0.4, -0.2) is 19.4 Å². The van der Waals surface area contributed by atoms with Crippen LogP contribution in [0.3, 0.4) is 0 Å². The summed E-state index contributed by atoms with van der Waals surface area (Å²) in [6.45, 7) is 1.78. The third-order valence-electron chi connectivity index (χ3n) is 2.85. The van der Waals surface area contributed by atoms with Crippen molar-refractivity contribution in [3.05, 3.63) is 58.3 Å². The Morgan fingerprint density at radius 2 is 1.90 bits per heavy atom. The van der Waals surface area contributed by atoms with Gasteiger partial charge in [-0.2, -0.15) is 0 Å². The standard InChI is InChI=1S/C14H14Cl2N2O2S/c1-10(8-11-4-2-3-5-13(11)15)18-21(19,20)12-6-7-14(16)17-9-12/h2-7,9-10,18H,8H2,1H3. The van der Waals surface area contributed by atoms with Gasteiger partial charge in [0.15, 0.2) is 0 Å². The van der Waals surface area contributed by atoms with Gasteiger partial charge in [0.2, 0.25) is 10.0 Å². The fourth-order valence-electron chi connectivity index (χ4n) is 1.89. The average Bonchev–Trinajstić information content (AvgIpc) is 2.41. The lowest BCUT2D eigenvalue weighted by molar-refractivity contribution is 0.559. The van der Waals surface area contributed by atoms with Gasteiger partial charge in [0, 0.05) is 17.3 Å².